The fraction of sp³-hybridized carbons (Fsp3) is 0.625. The van der Waals surface area contributed by atoms with Crippen molar-refractivity contribution >= 4 is 5.69 Å². The van der Waals surface area contributed by atoms with Crippen LogP contribution in [-0.4, -0.2) is 37.1 Å². The summed E-state index contributed by atoms with van der Waals surface area (Å²) in [6.45, 7) is 6.99. The van der Waals surface area contributed by atoms with Gasteiger partial charge >= 0.3 is 0 Å². The van der Waals surface area contributed by atoms with Crippen LogP contribution in [0.25, 0.3) is 0 Å². The lowest BCUT2D eigenvalue weighted by molar-refractivity contribution is 0.230. The largest absolute Gasteiger partial charge is 0.368 e. The Kier molecular flexibility index (Phi) is 3.76. The van der Waals surface area contributed by atoms with Gasteiger partial charge in [-0.1, -0.05) is 25.1 Å². The predicted octanol–water partition coefficient (Wildman–Crippen LogP) is 2.38. The average molecular weight is 259 g/mol. The molecule has 3 heteroatoms. The van der Waals surface area contributed by atoms with E-state index in [1.807, 2.05) is 0 Å². The molecule has 0 radical (unpaired) electrons. The van der Waals surface area contributed by atoms with Crippen LogP contribution in [0.15, 0.2) is 24.3 Å². The molecule has 2 heterocycles. The summed E-state index contributed by atoms with van der Waals surface area (Å²) in [5.41, 5.74) is 8.95. The molecule has 0 spiro atoms. The van der Waals surface area contributed by atoms with Gasteiger partial charge in [0.2, 0.25) is 0 Å². The van der Waals surface area contributed by atoms with Crippen LogP contribution in [0.1, 0.15) is 37.8 Å². The lowest BCUT2D eigenvalue weighted by atomic mass is 10.0. The highest BCUT2D eigenvalue weighted by Crippen LogP contribution is 2.30. The van der Waals surface area contributed by atoms with Gasteiger partial charge in [-0.05, 0) is 37.4 Å². The van der Waals surface area contributed by atoms with Crippen LogP contribution < -0.4 is 10.6 Å². The number of nitrogens with two attached hydrogens (primary N) is 1. The summed E-state index contributed by atoms with van der Waals surface area (Å²) in [7, 11) is 0. The normalized spacial score (nSPS) is 25.4. The van der Waals surface area contributed by atoms with Crippen LogP contribution in [0.3, 0.4) is 0 Å². The van der Waals surface area contributed by atoms with E-state index >= 15 is 0 Å². The number of benzene rings is 1. The number of fused-ring (bicyclic) bond motifs is 1. The van der Waals surface area contributed by atoms with E-state index in [4.69, 9.17) is 5.73 Å². The first-order valence-corrected chi connectivity index (χ1v) is 7.63. The molecule has 2 atom stereocenters. The smallest absolute Gasteiger partial charge is 0.0415 e. The van der Waals surface area contributed by atoms with Crippen molar-refractivity contribution in [3.8, 4) is 0 Å². The Bertz CT molecular complexity index is 432. The molecule has 0 aromatic heterocycles. The van der Waals surface area contributed by atoms with Crippen molar-refractivity contribution < 1.29 is 0 Å². The molecule has 2 fully saturated rings. The Morgan fingerprint density at radius 2 is 2.11 bits per heavy atom. The lowest BCUT2D eigenvalue weighted by Gasteiger charge is -2.40. The molecule has 2 aliphatic heterocycles. The van der Waals surface area contributed by atoms with Crippen LogP contribution in [-0.2, 0) is 0 Å². The van der Waals surface area contributed by atoms with Crippen LogP contribution in [0.2, 0.25) is 0 Å². The van der Waals surface area contributed by atoms with E-state index in [0.29, 0.717) is 0 Å². The molecular formula is C16H25N3. The average Bonchev–Trinajstić information content (AvgIpc) is 2.93. The number of hydrogen-bond acceptors (Lipinski definition) is 3. The Morgan fingerprint density at radius 3 is 2.95 bits per heavy atom. The van der Waals surface area contributed by atoms with E-state index in [1.54, 1.807) is 0 Å². The Labute approximate surface area is 116 Å². The van der Waals surface area contributed by atoms with Crippen molar-refractivity contribution in [2.45, 2.75) is 38.3 Å². The minimum absolute atomic E-state index is 0.165. The number of hydrogen-bond donors (Lipinski definition) is 1. The summed E-state index contributed by atoms with van der Waals surface area (Å²) in [6.07, 6.45) is 3.73. The monoisotopic (exact) mass is 259 g/mol. The van der Waals surface area contributed by atoms with Gasteiger partial charge in [-0.2, -0.15) is 0 Å². The SMILES string of the molecule is CC[C@@H](N)c1ccccc1N1CCN2CCCC2C1. The van der Waals surface area contributed by atoms with E-state index < -0.39 is 0 Å². The number of anilines is 1. The molecule has 0 bridgehead atoms. The number of nitrogens with zero attached hydrogens (tertiary/aromatic N) is 2. The van der Waals surface area contributed by atoms with Crippen LogP contribution in [0.5, 0.6) is 0 Å². The summed E-state index contributed by atoms with van der Waals surface area (Å²) >= 11 is 0. The van der Waals surface area contributed by atoms with E-state index in [0.717, 1.165) is 19.0 Å². The highest BCUT2D eigenvalue weighted by atomic mass is 15.3. The summed E-state index contributed by atoms with van der Waals surface area (Å²) in [5.74, 6) is 0. The van der Waals surface area contributed by atoms with Gasteiger partial charge in [0, 0.05) is 37.4 Å². The molecule has 104 valence electrons. The fourth-order valence-corrected chi connectivity index (χ4v) is 3.52. The number of piperazine rings is 1. The van der Waals surface area contributed by atoms with Crippen molar-refractivity contribution in [2.75, 3.05) is 31.1 Å². The van der Waals surface area contributed by atoms with Gasteiger partial charge in [0.15, 0.2) is 0 Å². The topological polar surface area (TPSA) is 32.5 Å². The van der Waals surface area contributed by atoms with E-state index in [9.17, 15) is 0 Å². The summed E-state index contributed by atoms with van der Waals surface area (Å²) < 4.78 is 0. The third-order valence-electron chi connectivity index (χ3n) is 4.70. The zero-order valence-electron chi connectivity index (χ0n) is 11.9. The second-order valence-corrected chi connectivity index (χ2v) is 5.85. The summed E-state index contributed by atoms with van der Waals surface area (Å²) in [6, 6.07) is 9.63. The van der Waals surface area contributed by atoms with Crippen LogP contribution in [0, 0.1) is 0 Å². The molecule has 2 aliphatic rings. The predicted molar refractivity (Wildman–Crippen MR) is 80.5 cm³/mol. The molecule has 2 N–H and O–H groups in total. The maximum atomic E-state index is 6.27. The molecule has 19 heavy (non-hydrogen) atoms. The second kappa shape index (κ2) is 5.51. The third-order valence-corrected chi connectivity index (χ3v) is 4.70. The van der Waals surface area contributed by atoms with Crippen molar-refractivity contribution in [3.05, 3.63) is 29.8 Å². The fourth-order valence-electron chi connectivity index (χ4n) is 3.52. The standard InChI is InChI=1S/C16H25N3/c1-2-15(17)14-7-3-4-8-16(14)19-11-10-18-9-5-6-13(18)12-19/h3-4,7-8,13,15H,2,5-6,9-12,17H2,1H3/t13?,15-/m1/s1. The van der Waals surface area contributed by atoms with E-state index in [2.05, 4.69) is 41.0 Å². The second-order valence-electron chi connectivity index (χ2n) is 5.85. The molecule has 1 aromatic rings. The molecular weight excluding hydrogens is 234 g/mol. The molecule has 0 amide bonds. The van der Waals surface area contributed by atoms with Gasteiger partial charge in [0.05, 0.1) is 0 Å². The van der Waals surface area contributed by atoms with Crippen LogP contribution >= 0.6 is 0 Å². The molecule has 3 rings (SSSR count). The highest BCUT2D eigenvalue weighted by Gasteiger charge is 2.31. The maximum absolute atomic E-state index is 6.27. The van der Waals surface area contributed by atoms with Crippen molar-refractivity contribution in [1.29, 1.82) is 0 Å². The Balaban J connectivity index is 1.82. The van der Waals surface area contributed by atoms with Gasteiger partial charge < -0.3 is 10.6 Å². The highest BCUT2D eigenvalue weighted by molar-refractivity contribution is 5.55. The van der Waals surface area contributed by atoms with Crippen LogP contribution in [0.4, 0.5) is 5.69 Å². The van der Waals surface area contributed by atoms with E-state index in [1.165, 1.54) is 43.7 Å². The van der Waals surface area contributed by atoms with Gasteiger partial charge in [-0.25, -0.2) is 0 Å². The first-order valence-electron chi connectivity index (χ1n) is 7.63. The van der Waals surface area contributed by atoms with Crippen molar-refractivity contribution in [1.82, 2.24) is 4.90 Å². The maximum Gasteiger partial charge on any atom is 0.0415 e. The van der Waals surface area contributed by atoms with Gasteiger partial charge in [-0.15, -0.1) is 0 Å². The van der Waals surface area contributed by atoms with Crippen molar-refractivity contribution in [3.63, 3.8) is 0 Å². The molecule has 0 aliphatic carbocycles. The van der Waals surface area contributed by atoms with E-state index in [-0.39, 0.29) is 6.04 Å². The lowest BCUT2D eigenvalue weighted by Crippen LogP contribution is -2.50. The minimum atomic E-state index is 0.165. The first kappa shape index (κ1) is 12.9. The first-order chi connectivity index (χ1) is 9.29. The van der Waals surface area contributed by atoms with Gasteiger partial charge in [0.25, 0.3) is 0 Å². The van der Waals surface area contributed by atoms with Gasteiger partial charge in [-0.3, -0.25) is 4.90 Å². The molecule has 0 saturated carbocycles. The molecule has 2 saturated heterocycles. The Hall–Kier alpha value is -1.06. The molecule has 3 nitrogen and oxygen atoms in total. The molecule has 1 unspecified atom stereocenters. The number of para-hydroxylation sites is 1. The zero-order chi connectivity index (χ0) is 13.2. The summed E-state index contributed by atoms with van der Waals surface area (Å²) in [5, 5.41) is 0. The summed E-state index contributed by atoms with van der Waals surface area (Å²) in [4.78, 5) is 5.20. The minimum Gasteiger partial charge on any atom is -0.368 e. The molecule has 1 aromatic carbocycles. The Morgan fingerprint density at radius 1 is 1.26 bits per heavy atom. The zero-order valence-corrected chi connectivity index (χ0v) is 11.9. The third kappa shape index (κ3) is 2.49. The quantitative estimate of drug-likeness (QED) is 0.904. The number of rotatable bonds is 3. The van der Waals surface area contributed by atoms with Gasteiger partial charge in [0.1, 0.15) is 0 Å². The van der Waals surface area contributed by atoms with Crippen molar-refractivity contribution in [2.24, 2.45) is 5.73 Å².